The number of nitrogens with zero attached hydrogens (tertiary/aromatic N) is 2. The molecule has 10 aromatic rings. The van der Waals surface area contributed by atoms with Gasteiger partial charge in [-0.15, -0.1) is 22.7 Å². The number of anilines is 6. The second-order valence-electron chi connectivity index (χ2n) is 13.1. The zero-order valence-corrected chi connectivity index (χ0v) is 29.6. The Kier molecular flexibility index (Phi) is 7.12. The molecule has 0 unspecified atom stereocenters. The molecule has 0 aliphatic rings. The predicted molar refractivity (Wildman–Crippen MR) is 224 cm³/mol. The average Bonchev–Trinajstić information content (AvgIpc) is 3.75. The van der Waals surface area contributed by atoms with E-state index in [9.17, 15) is 0 Å². The van der Waals surface area contributed by atoms with E-state index >= 15 is 0 Å². The number of thiophene rings is 2. The smallest absolute Gasteiger partial charge is 0.0476 e. The number of rotatable bonds is 6. The highest BCUT2D eigenvalue weighted by Gasteiger charge is 2.19. The van der Waals surface area contributed by atoms with Gasteiger partial charge in [0.25, 0.3) is 0 Å². The summed E-state index contributed by atoms with van der Waals surface area (Å²) in [5.74, 6) is 0. The Labute approximate surface area is 304 Å². The molecule has 242 valence electrons. The van der Waals surface area contributed by atoms with Gasteiger partial charge in [0, 0.05) is 79.9 Å². The largest absolute Gasteiger partial charge is 0.310 e. The van der Waals surface area contributed by atoms with E-state index in [0.29, 0.717) is 0 Å². The van der Waals surface area contributed by atoms with E-state index < -0.39 is 0 Å². The lowest BCUT2D eigenvalue weighted by Gasteiger charge is -2.25. The van der Waals surface area contributed by atoms with Crippen molar-refractivity contribution in [3.63, 3.8) is 0 Å². The monoisotopic (exact) mass is 688 g/mol. The quantitative estimate of drug-likeness (QED) is 0.172. The number of aryl methyl sites for hydroxylation is 1. The third-order valence-corrected chi connectivity index (χ3v) is 12.1. The molecular formula is C47H32N2S2. The Morgan fingerprint density at radius 3 is 1.16 bits per heavy atom. The average molecular weight is 689 g/mol. The Hall–Kier alpha value is -5.94. The number of hydrogen-bond acceptors (Lipinski definition) is 4. The van der Waals surface area contributed by atoms with Crippen LogP contribution in [0.1, 0.15) is 5.56 Å². The lowest BCUT2D eigenvalue weighted by atomic mass is 9.98. The maximum atomic E-state index is 2.37. The summed E-state index contributed by atoms with van der Waals surface area (Å²) in [6.45, 7) is 2.14. The van der Waals surface area contributed by atoms with Crippen LogP contribution in [0.3, 0.4) is 0 Å². The molecule has 0 atom stereocenters. The van der Waals surface area contributed by atoms with E-state index in [1.165, 1.54) is 56.7 Å². The zero-order valence-electron chi connectivity index (χ0n) is 28.0. The summed E-state index contributed by atoms with van der Waals surface area (Å²) < 4.78 is 5.23. The molecule has 0 spiro atoms. The Morgan fingerprint density at radius 1 is 0.333 bits per heavy atom. The molecule has 4 heteroatoms. The van der Waals surface area contributed by atoms with E-state index in [-0.39, 0.29) is 0 Å². The van der Waals surface area contributed by atoms with E-state index in [0.717, 1.165) is 34.1 Å². The number of hydrogen-bond donors (Lipinski definition) is 0. The summed E-state index contributed by atoms with van der Waals surface area (Å²) in [5, 5.41) is 7.95. The van der Waals surface area contributed by atoms with Crippen LogP contribution < -0.4 is 9.80 Å². The van der Waals surface area contributed by atoms with Gasteiger partial charge < -0.3 is 9.80 Å². The van der Waals surface area contributed by atoms with Crippen molar-refractivity contribution in [1.29, 1.82) is 0 Å². The van der Waals surface area contributed by atoms with Crippen molar-refractivity contribution in [3.8, 4) is 0 Å². The molecule has 8 aromatic carbocycles. The highest BCUT2D eigenvalue weighted by molar-refractivity contribution is 7.27. The SMILES string of the molecule is Cc1ccc(N(c2ccccc2)c2ccc3c(c2)sc2ccc4ccc5sc6cc(N(c7ccccc7)c7ccccc7)ccc6c5c4c23)cc1. The maximum absolute atomic E-state index is 2.37. The van der Waals surface area contributed by atoms with Crippen molar-refractivity contribution in [2.45, 2.75) is 6.92 Å². The number of para-hydroxylation sites is 3. The van der Waals surface area contributed by atoms with Crippen LogP contribution in [0.4, 0.5) is 34.1 Å². The van der Waals surface area contributed by atoms with Crippen LogP contribution in [0.15, 0.2) is 176 Å². The Balaban J connectivity index is 1.16. The normalized spacial score (nSPS) is 11.6. The molecule has 0 amide bonds. The lowest BCUT2D eigenvalue weighted by Crippen LogP contribution is -2.09. The van der Waals surface area contributed by atoms with Gasteiger partial charge >= 0.3 is 0 Å². The minimum atomic E-state index is 1.15. The van der Waals surface area contributed by atoms with Crippen molar-refractivity contribution in [2.24, 2.45) is 0 Å². The third-order valence-electron chi connectivity index (χ3n) is 9.87. The fourth-order valence-electron chi connectivity index (χ4n) is 7.52. The molecule has 0 radical (unpaired) electrons. The molecule has 2 heterocycles. The van der Waals surface area contributed by atoms with E-state index in [4.69, 9.17) is 0 Å². The van der Waals surface area contributed by atoms with Crippen LogP contribution in [0, 0.1) is 6.92 Å². The van der Waals surface area contributed by atoms with Gasteiger partial charge in [0.1, 0.15) is 0 Å². The fraction of sp³-hybridized carbons (Fsp3) is 0.0213. The van der Waals surface area contributed by atoms with Crippen molar-refractivity contribution in [3.05, 3.63) is 181 Å². The first-order valence-electron chi connectivity index (χ1n) is 17.3. The standard InChI is InChI=1S/C47H32N2S2/c1-31-17-21-36(22-18-31)49(35-15-9-4-10-16-35)38-24-26-40-44(30-38)51-42-28-20-32-19-27-41-46(45(32)47(40)42)39-25-23-37(29-43(39)50-41)48(33-11-5-2-6-12-33)34-13-7-3-8-14-34/h2-30H,1H3. The minimum absolute atomic E-state index is 1.15. The van der Waals surface area contributed by atoms with Crippen molar-refractivity contribution in [2.75, 3.05) is 9.80 Å². The summed E-state index contributed by atoms with van der Waals surface area (Å²) in [7, 11) is 0. The summed E-state index contributed by atoms with van der Waals surface area (Å²) in [6, 6.07) is 64.0. The summed E-state index contributed by atoms with van der Waals surface area (Å²) in [4.78, 5) is 4.71. The first kappa shape index (κ1) is 29.9. The lowest BCUT2D eigenvalue weighted by molar-refractivity contribution is 1.28. The second kappa shape index (κ2) is 12.1. The molecular weight excluding hydrogens is 657 g/mol. The molecule has 2 aromatic heterocycles. The highest BCUT2D eigenvalue weighted by atomic mass is 32.1. The molecule has 2 nitrogen and oxygen atoms in total. The van der Waals surface area contributed by atoms with Crippen LogP contribution in [0.5, 0.6) is 0 Å². The number of benzene rings is 8. The first-order chi connectivity index (χ1) is 25.2. The Bertz CT molecular complexity index is 2820. The van der Waals surface area contributed by atoms with Crippen LogP contribution >= 0.6 is 22.7 Å². The predicted octanol–water partition coefficient (Wildman–Crippen LogP) is 14.8. The zero-order chi connectivity index (χ0) is 33.9. The van der Waals surface area contributed by atoms with E-state index in [1.807, 2.05) is 22.7 Å². The van der Waals surface area contributed by atoms with Gasteiger partial charge in [0.05, 0.1) is 0 Å². The van der Waals surface area contributed by atoms with Gasteiger partial charge in [-0.25, -0.2) is 0 Å². The van der Waals surface area contributed by atoms with E-state index in [1.54, 1.807) is 0 Å². The van der Waals surface area contributed by atoms with Gasteiger partial charge in [-0.05, 0) is 97.2 Å². The molecule has 0 saturated carbocycles. The van der Waals surface area contributed by atoms with Crippen molar-refractivity contribution >= 4 is 108 Å². The third kappa shape index (κ3) is 5.06. The highest BCUT2D eigenvalue weighted by Crippen LogP contribution is 2.48. The molecule has 0 fully saturated rings. The van der Waals surface area contributed by atoms with Gasteiger partial charge in [-0.3, -0.25) is 0 Å². The van der Waals surface area contributed by atoms with Crippen LogP contribution in [-0.4, -0.2) is 0 Å². The van der Waals surface area contributed by atoms with Gasteiger partial charge in [-0.2, -0.15) is 0 Å². The summed E-state index contributed by atoms with van der Waals surface area (Å²) in [5.41, 5.74) is 8.17. The van der Waals surface area contributed by atoms with Gasteiger partial charge in [-0.1, -0.05) is 96.6 Å². The van der Waals surface area contributed by atoms with Gasteiger partial charge in [0.2, 0.25) is 0 Å². The minimum Gasteiger partial charge on any atom is -0.310 e. The topological polar surface area (TPSA) is 6.48 Å². The summed E-state index contributed by atoms with van der Waals surface area (Å²) in [6.07, 6.45) is 0. The molecule has 0 saturated heterocycles. The fourth-order valence-corrected chi connectivity index (χ4v) is 9.82. The molecule has 51 heavy (non-hydrogen) atoms. The summed E-state index contributed by atoms with van der Waals surface area (Å²) >= 11 is 3.78. The molecule has 0 bridgehead atoms. The van der Waals surface area contributed by atoms with Crippen LogP contribution in [0.2, 0.25) is 0 Å². The molecule has 0 N–H and O–H groups in total. The Morgan fingerprint density at radius 2 is 0.725 bits per heavy atom. The van der Waals surface area contributed by atoms with Gasteiger partial charge in [0.15, 0.2) is 0 Å². The molecule has 0 aliphatic carbocycles. The van der Waals surface area contributed by atoms with Crippen molar-refractivity contribution in [1.82, 2.24) is 0 Å². The molecule has 0 aliphatic heterocycles. The maximum Gasteiger partial charge on any atom is 0.0476 e. The second-order valence-corrected chi connectivity index (χ2v) is 15.2. The van der Waals surface area contributed by atoms with E-state index in [2.05, 4.69) is 193 Å². The molecule has 10 rings (SSSR count). The van der Waals surface area contributed by atoms with Crippen LogP contribution in [0.25, 0.3) is 51.1 Å². The van der Waals surface area contributed by atoms with Crippen molar-refractivity contribution < 1.29 is 0 Å². The number of fused-ring (bicyclic) bond motifs is 9. The first-order valence-corrected chi connectivity index (χ1v) is 18.9. The van der Waals surface area contributed by atoms with Crippen LogP contribution in [-0.2, 0) is 0 Å².